The van der Waals surface area contributed by atoms with E-state index < -0.39 is 0 Å². The smallest absolute Gasteiger partial charge is 0.217 e. The molecule has 5 aromatic carbocycles. The molecule has 2 aromatic heterocycles. The van der Waals surface area contributed by atoms with Crippen molar-refractivity contribution in [2.24, 2.45) is 0 Å². The summed E-state index contributed by atoms with van der Waals surface area (Å²) in [4.78, 5) is 9.47. The van der Waals surface area contributed by atoms with Crippen LogP contribution in [0.15, 0.2) is 146 Å². The third-order valence-corrected chi connectivity index (χ3v) is 8.07. The first kappa shape index (κ1) is 31.7. The Hall–Kier alpha value is -5.31. The molecule has 1 N–H and O–H groups in total. The van der Waals surface area contributed by atoms with Crippen LogP contribution >= 0.6 is 0 Å². The van der Waals surface area contributed by atoms with Crippen molar-refractivity contribution < 1.29 is 30.9 Å². The molecule has 47 heavy (non-hydrogen) atoms. The molecule has 0 spiro atoms. The Morgan fingerprint density at radius 3 is 1.91 bits per heavy atom. The number of nitrogens with zero attached hydrogens (tertiary/aromatic N) is 2. The molecule has 0 fully saturated rings. The summed E-state index contributed by atoms with van der Waals surface area (Å²) in [5.41, 5.74) is 11.6. The van der Waals surface area contributed by atoms with Crippen molar-refractivity contribution in [3.8, 4) is 73.3 Å². The van der Waals surface area contributed by atoms with Crippen LogP contribution in [-0.4, -0.2) is 15.1 Å². The minimum absolute atomic E-state index is 0. The van der Waals surface area contributed by atoms with E-state index in [2.05, 4.69) is 91.6 Å². The van der Waals surface area contributed by atoms with Crippen molar-refractivity contribution >= 4 is 0 Å². The number of hydrogen-bond donors (Lipinski definition) is 1. The van der Waals surface area contributed by atoms with Gasteiger partial charge in [0.05, 0.1) is 5.69 Å². The average molecular weight is 791 g/mol. The van der Waals surface area contributed by atoms with Gasteiger partial charge in [-0.15, -0.1) is 11.6 Å². The van der Waals surface area contributed by atoms with Gasteiger partial charge in [0.2, 0.25) is 5.88 Å². The molecular formula is C42H31N2O2Pt-. The predicted molar refractivity (Wildman–Crippen MR) is 186 cm³/mol. The quantitative estimate of drug-likeness (QED) is 0.163. The number of aryl methyl sites for hydroxylation is 2. The number of pyridine rings is 2. The van der Waals surface area contributed by atoms with E-state index in [4.69, 9.17) is 9.72 Å². The molecule has 0 saturated carbocycles. The Bertz CT molecular complexity index is 2130. The van der Waals surface area contributed by atoms with Crippen LogP contribution in [0.25, 0.3) is 55.9 Å². The zero-order valence-corrected chi connectivity index (χ0v) is 28.2. The van der Waals surface area contributed by atoms with E-state index in [1.807, 2.05) is 66.7 Å². The van der Waals surface area contributed by atoms with Crippen LogP contribution in [0.3, 0.4) is 0 Å². The minimum atomic E-state index is 0. The SMILES string of the molecule is Cc1cccc(C)c1-c1cc(-c2[c-]c(Oc3ccccn3)cc(-c3ccc(-c4ccccc4)cc3)c2)nc(-c2ccccc2O)c1.[Pt]. The predicted octanol–water partition coefficient (Wildman–Crippen LogP) is 10.7. The molecule has 0 bridgehead atoms. The van der Waals surface area contributed by atoms with Gasteiger partial charge in [-0.05, 0) is 82.8 Å². The van der Waals surface area contributed by atoms with Gasteiger partial charge in [0.25, 0.3) is 0 Å². The first-order valence-electron chi connectivity index (χ1n) is 15.2. The fourth-order valence-corrected chi connectivity index (χ4v) is 5.82. The summed E-state index contributed by atoms with van der Waals surface area (Å²) in [5, 5.41) is 10.8. The summed E-state index contributed by atoms with van der Waals surface area (Å²) in [6.45, 7) is 4.24. The van der Waals surface area contributed by atoms with Gasteiger partial charge in [0.1, 0.15) is 5.75 Å². The topological polar surface area (TPSA) is 55.2 Å². The molecule has 0 unspecified atom stereocenters. The van der Waals surface area contributed by atoms with Crippen LogP contribution in [0.2, 0.25) is 0 Å². The van der Waals surface area contributed by atoms with Crippen molar-refractivity contribution in [1.82, 2.24) is 9.97 Å². The third kappa shape index (κ3) is 6.94. The maximum Gasteiger partial charge on any atom is 0.217 e. The van der Waals surface area contributed by atoms with E-state index >= 15 is 0 Å². The third-order valence-electron chi connectivity index (χ3n) is 8.07. The Labute approximate surface area is 289 Å². The fraction of sp³-hybridized carbons (Fsp3) is 0.0476. The van der Waals surface area contributed by atoms with Crippen LogP contribution in [-0.2, 0) is 21.1 Å². The zero-order chi connectivity index (χ0) is 31.5. The fourth-order valence-electron chi connectivity index (χ4n) is 5.82. The first-order valence-corrected chi connectivity index (χ1v) is 15.2. The molecule has 0 aliphatic rings. The van der Waals surface area contributed by atoms with Gasteiger partial charge in [0.15, 0.2) is 0 Å². The van der Waals surface area contributed by atoms with Crippen LogP contribution in [0.4, 0.5) is 0 Å². The summed E-state index contributed by atoms with van der Waals surface area (Å²) in [5.74, 6) is 1.19. The summed E-state index contributed by atoms with van der Waals surface area (Å²) in [7, 11) is 0. The Morgan fingerprint density at radius 1 is 0.574 bits per heavy atom. The van der Waals surface area contributed by atoms with Crippen LogP contribution in [0.5, 0.6) is 17.4 Å². The molecule has 0 radical (unpaired) electrons. The normalized spacial score (nSPS) is 10.7. The summed E-state index contributed by atoms with van der Waals surface area (Å²) in [6, 6.07) is 49.7. The standard InChI is InChI=1S/C42H31N2O2.Pt/c1-28-11-10-12-29(2)42(28)35-26-38(44-39(27-35)37-15-6-7-16-40(37)45)34-23-33(24-36(25-34)46-41-17-8-9-22-43-41)32-20-18-31(19-21-32)30-13-4-3-5-14-30;/h3-24,26-27,45H,1-2H3;/q-1;. The largest absolute Gasteiger partial charge is 0.507 e. The number of phenolic OH excluding ortho intramolecular Hbond substituents is 1. The van der Waals surface area contributed by atoms with E-state index in [1.54, 1.807) is 12.3 Å². The van der Waals surface area contributed by atoms with Crippen molar-refractivity contribution in [3.63, 3.8) is 0 Å². The number of rotatable bonds is 7. The molecule has 0 aliphatic carbocycles. The van der Waals surface area contributed by atoms with Gasteiger partial charge in [-0.2, -0.15) is 0 Å². The van der Waals surface area contributed by atoms with Gasteiger partial charge in [0, 0.05) is 44.6 Å². The van der Waals surface area contributed by atoms with Gasteiger partial charge < -0.3 is 9.84 Å². The average Bonchev–Trinajstić information content (AvgIpc) is 3.09. The molecule has 0 aliphatic heterocycles. The maximum absolute atomic E-state index is 10.8. The molecular weight excluding hydrogens is 760 g/mol. The van der Waals surface area contributed by atoms with E-state index in [0.717, 1.165) is 44.5 Å². The van der Waals surface area contributed by atoms with Gasteiger partial charge in [-0.25, -0.2) is 4.98 Å². The Morgan fingerprint density at radius 2 is 1.21 bits per heavy atom. The molecule has 7 aromatic rings. The van der Waals surface area contributed by atoms with E-state index in [9.17, 15) is 5.11 Å². The zero-order valence-electron chi connectivity index (χ0n) is 25.9. The van der Waals surface area contributed by atoms with Crippen LogP contribution < -0.4 is 4.74 Å². The number of hydrogen-bond acceptors (Lipinski definition) is 4. The second-order valence-electron chi connectivity index (χ2n) is 11.3. The van der Waals surface area contributed by atoms with Gasteiger partial charge in [-0.1, -0.05) is 115 Å². The summed E-state index contributed by atoms with van der Waals surface area (Å²) < 4.78 is 6.25. The number of aromatic nitrogens is 2. The molecule has 5 heteroatoms. The second-order valence-corrected chi connectivity index (χ2v) is 11.3. The molecule has 4 nitrogen and oxygen atoms in total. The van der Waals surface area contributed by atoms with E-state index in [-0.39, 0.29) is 26.8 Å². The molecule has 0 atom stereocenters. The van der Waals surface area contributed by atoms with Crippen molar-refractivity contribution in [2.75, 3.05) is 0 Å². The molecule has 232 valence electrons. The number of phenols is 1. The molecule has 0 amide bonds. The molecule has 2 heterocycles. The maximum atomic E-state index is 10.8. The number of para-hydroxylation sites is 1. The Kier molecular flexibility index (Phi) is 9.42. The summed E-state index contributed by atoms with van der Waals surface area (Å²) >= 11 is 0. The van der Waals surface area contributed by atoms with Gasteiger partial charge in [-0.3, -0.25) is 4.98 Å². The van der Waals surface area contributed by atoms with Crippen molar-refractivity contribution in [1.29, 1.82) is 0 Å². The molecule has 7 rings (SSSR count). The van der Waals surface area contributed by atoms with Gasteiger partial charge >= 0.3 is 0 Å². The number of benzene rings is 5. The minimum Gasteiger partial charge on any atom is -0.507 e. The monoisotopic (exact) mass is 790 g/mol. The first-order chi connectivity index (χ1) is 22.5. The van der Waals surface area contributed by atoms with E-state index in [1.165, 1.54) is 5.56 Å². The van der Waals surface area contributed by atoms with E-state index in [0.29, 0.717) is 28.6 Å². The number of ether oxygens (including phenoxy) is 1. The van der Waals surface area contributed by atoms with Crippen LogP contribution in [0.1, 0.15) is 11.1 Å². The molecule has 0 saturated heterocycles. The van der Waals surface area contributed by atoms with Crippen LogP contribution in [0, 0.1) is 19.9 Å². The Balaban J connectivity index is 0.00000386. The van der Waals surface area contributed by atoms with Crippen molar-refractivity contribution in [3.05, 3.63) is 163 Å². The second kappa shape index (κ2) is 14.0. The van der Waals surface area contributed by atoms with Crippen molar-refractivity contribution in [2.45, 2.75) is 13.8 Å². The number of aromatic hydroxyl groups is 1. The summed E-state index contributed by atoms with van der Waals surface area (Å²) in [6.07, 6.45) is 1.70.